The molecule has 0 unspecified atom stereocenters. The van der Waals surface area contributed by atoms with E-state index in [4.69, 9.17) is 0 Å². The van der Waals surface area contributed by atoms with Gasteiger partial charge in [-0.25, -0.2) is 0 Å². The Balaban J connectivity index is 1.96. The zero-order valence-electron chi connectivity index (χ0n) is 17.5. The minimum absolute atomic E-state index is 0.0952. The van der Waals surface area contributed by atoms with Gasteiger partial charge in [-0.3, -0.25) is 0 Å². The molecule has 3 aromatic rings. The van der Waals surface area contributed by atoms with Crippen molar-refractivity contribution < 1.29 is 25.5 Å². The summed E-state index contributed by atoms with van der Waals surface area (Å²) in [6.07, 6.45) is 1.06. The van der Waals surface area contributed by atoms with Gasteiger partial charge in [-0.1, -0.05) is 24.3 Å². The maximum atomic E-state index is 10.6. The van der Waals surface area contributed by atoms with Crippen LogP contribution in [0.1, 0.15) is 50.1 Å². The number of phenols is 3. The van der Waals surface area contributed by atoms with Crippen LogP contribution in [0, 0.1) is 20.8 Å². The van der Waals surface area contributed by atoms with Crippen LogP contribution >= 0.6 is 0 Å². The van der Waals surface area contributed by atoms with E-state index in [1.807, 2.05) is 31.2 Å². The predicted molar refractivity (Wildman–Crippen MR) is 116 cm³/mol. The second kappa shape index (κ2) is 8.78. The van der Waals surface area contributed by atoms with Crippen molar-refractivity contribution in [2.75, 3.05) is 0 Å². The second-order valence-corrected chi connectivity index (χ2v) is 7.93. The molecule has 0 aliphatic rings. The van der Waals surface area contributed by atoms with Crippen molar-refractivity contribution in [2.24, 2.45) is 0 Å². The Kier molecular flexibility index (Phi) is 6.34. The van der Waals surface area contributed by atoms with Crippen LogP contribution in [-0.2, 0) is 26.1 Å². The molecular formula is C25H28O5. The highest BCUT2D eigenvalue weighted by Gasteiger charge is 2.13. The lowest BCUT2D eigenvalue weighted by molar-refractivity contribution is 0.275. The highest BCUT2D eigenvalue weighted by molar-refractivity contribution is 5.50. The Morgan fingerprint density at radius 3 is 1.23 bits per heavy atom. The molecule has 5 heteroatoms. The largest absolute Gasteiger partial charge is 0.507 e. The van der Waals surface area contributed by atoms with Crippen molar-refractivity contribution in [1.29, 1.82) is 0 Å². The van der Waals surface area contributed by atoms with Crippen LogP contribution in [0.15, 0.2) is 36.4 Å². The van der Waals surface area contributed by atoms with Crippen LogP contribution in [0.4, 0.5) is 0 Å². The average Bonchev–Trinajstić information content (AvgIpc) is 2.70. The quantitative estimate of drug-likeness (QED) is 0.426. The first-order valence-electron chi connectivity index (χ1n) is 9.89. The van der Waals surface area contributed by atoms with Crippen molar-refractivity contribution >= 4 is 0 Å². The Labute approximate surface area is 176 Å². The van der Waals surface area contributed by atoms with Crippen LogP contribution < -0.4 is 0 Å². The summed E-state index contributed by atoms with van der Waals surface area (Å²) < 4.78 is 0. The Morgan fingerprint density at radius 1 is 0.500 bits per heavy atom. The van der Waals surface area contributed by atoms with Gasteiger partial charge < -0.3 is 25.5 Å². The maximum Gasteiger partial charge on any atom is 0.124 e. The molecule has 3 rings (SSSR count). The van der Waals surface area contributed by atoms with Crippen molar-refractivity contribution in [3.8, 4) is 17.2 Å². The van der Waals surface area contributed by atoms with E-state index < -0.39 is 0 Å². The second-order valence-electron chi connectivity index (χ2n) is 7.93. The smallest absolute Gasteiger partial charge is 0.124 e. The molecule has 0 fully saturated rings. The lowest BCUT2D eigenvalue weighted by Crippen LogP contribution is -1.99. The molecule has 0 heterocycles. The average molecular weight is 408 g/mol. The van der Waals surface area contributed by atoms with Gasteiger partial charge in [-0.15, -0.1) is 0 Å². The first kappa shape index (κ1) is 21.7. The lowest BCUT2D eigenvalue weighted by atomic mass is 9.93. The van der Waals surface area contributed by atoms with E-state index in [2.05, 4.69) is 0 Å². The van der Waals surface area contributed by atoms with E-state index in [0.717, 1.165) is 27.8 Å². The monoisotopic (exact) mass is 408 g/mol. The molecule has 0 saturated heterocycles. The van der Waals surface area contributed by atoms with E-state index in [0.29, 0.717) is 35.1 Å². The van der Waals surface area contributed by atoms with Gasteiger partial charge in [0.25, 0.3) is 0 Å². The van der Waals surface area contributed by atoms with Crippen molar-refractivity contribution in [2.45, 2.75) is 46.8 Å². The van der Waals surface area contributed by atoms with Gasteiger partial charge >= 0.3 is 0 Å². The highest BCUT2D eigenvalue weighted by Crippen LogP contribution is 2.31. The van der Waals surface area contributed by atoms with Crippen LogP contribution in [0.3, 0.4) is 0 Å². The van der Waals surface area contributed by atoms with Crippen LogP contribution in [0.25, 0.3) is 0 Å². The number of aryl methyl sites for hydroxylation is 3. The number of aliphatic hydroxyl groups excluding tert-OH is 2. The molecule has 158 valence electrons. The zero-order chi connectivity index (χ0) is 22.0. The van der Waals surface area contributed by atoms with Gasteiger partial charge in [-0.05, 0) is 78.3 Å². The summed E-state index contributed by atoms with van der Waals surface area (Å²) in [4.78, 5) is 0. The van der Waals surface area contributed by atoms with E-state index in [1.54, 1.807) is 26.0 Å². The normalized spacial score (nSPS) is 11.1. The molecule has 5 N–H and O–H groups in total. The van der Waals surface area contributed by atoms with Crippen LogP contribution in [0.5, 0.6) is 17.2 Å². The zero-order valence-corrected chi connectivity index (χ0v) is 17.5. The van der Waals surface area contributed by atoms with Gasteiger partial charge in [-0.2, -0.15) is 0 Å². The molecule has 0 aliphatic heterocycles. The van der Waals surface area contributed by atoms with Gasteiger partial charge in [0.15, 0.2) is 0 Å². The molecule has 0 spiro atoms. The summed E-state index contributed by atoms with van der Waals surface area (Å²) in [5, 5.41) is 49.6. The fourth-order valence-electron chi connectivity index (χ4n) is 3.94. The molecular weight excluding hydrogens is 380 g/mol. The number of benzene rings is 3. The number of rotatable bonds is 6. The Hall–Kier alpha value is -3.02. The Morgan fingerprint density at radius 2 is 0.833 bits per heavy atom. The molecule has 0 bridgehead atoms. The summed E-state index contributed by atoms with van der Waals surface area (Å²) in [6, 6.07) is 11.2. The molecule has 0 radical (unpaired) electrons. The molecule has 30 heavy (non-hydrogen) atoms. The topological polar surface area (TPSA) is 101 Å². The van der Waals surface area contributed by atoms with Crippen molar-refractivity contribution in [3.63, 3.8) is 0 Å². The minimum atomic E-state index is -0.251. The third kappa shape index (κ3) is 4.42. The van der Waals surface area contributed by atoms with E-state index in [9.17, 15) is 25.5 Å². The van der Waals surface area contributed by atoms with E-state index in [-0.39, 0.29) is 30.5 Å². The fourth-order valence-corrected chi connectivity index (χ4v) is 3.94. The van der Waals surface area contributed by atoms with Gasteiger partial charge in [0.2, 0.25) is 0 Å². The summed E-state index contributed by atoms with van der Waals surface area (Å²) in [5.74, 6) is 0.442. The molecule has 0 aromatic heterocycles. The van der Waals surface area contributed by atoms with Crippen molar-refractivity contribution in [1.82, 2.24) is 0 Å². The molecule has 5 nitrogen and oxygen atoms in total. The summed E-state index contributed by atoms with van der Waals surface area (Å²) in [6.45, 7) is 4.96. The SMILES string of the molecule is Cc1cc(Cc2cc(C)c(O)c(Cc3cc(C)c(O)c(CO)c3)c2)cc(CO)c1O. The first-order valence-corrected chi connectivity index (χ1v) is 9.89. The molecule has 0 atom stereocenters. The summed E-state index contributed by atoms with van der Waals surface area (Å²) in [5.41, 5.74) is 6.74. The van der Waals surface area contributed by atoms with Crippen molar-refractivity contribution in [3.05, 3.63) is 86.5 Å². The van der Waals surface area contributed by atoms with Gasteiger partial charge in [0.05, 0.1) is 13.2 Å². The standard InChI is InChI=1S/C25H28O5/c1-14-4-17(7-18-5-15(2)24(29)21(10-18)12-26)8-20(23(14)28)9-19-6-16(3)25(30)22(11-19)13-27/h4-6,8,10-11,26-30H,7,9,12-13H2,1-3H3. The third-order valence-corrected chi connectivity index (χ3v) is 5.46. The number of phenolic OH excluding ortho intramolecular Hbond substituents is 1. The molecule has 0 saturated carbocycles. The fraction of sp³-hybridized carbons (Fsp3) is 0.280. The molecule has 3 aromatic carbocycles. The van der Waals surface area contributed by atoms with E-state index >= 15 is 0 Å². The van der Waals surface area contributed by atoms with Gasteiger partial charge in [0, 0.05) is 17.5 Å². The van der Waals surface area contributed by atoms with E-state index in [1.165, 1.54) is 0 Å². The number of hydrogen-bond acceptors (Lipinski definition) is 5. The number of aliphatic hydroxyl groups is 2. The minimum Gasteiger partial charge on any atom is -0.507 e. The molecule has 0 aliphatic carbocycles. The highest BCUT2D eigenvalue weighted by atomic mass is 16.3. The molecule has 0 amide bonds. The maximum absolute atomic E-state index is 10.6. The lowest BCUT2D eigenvalue weighted by Gasteiger charge is -2.14. The van der Waals surface area contributed by atoms with Gasteiger partial charge in [0.1, 0.15) is 17.2 Å². The predicted octanol–water partition coefficient (Wildman–Crippen LogP) is 3.89. The van der Waals surface area contributed by atoms with Crippen LogP contribution in [0.2, 0.25) is 0 Å². The third-order valence-electron chi connectivity index (χ3n) is 5.46. The summed E-state index contributed by atoms with van der Waals surface area (Å²) >= 11 is 0. The van der Waals surface area contributed by atoms with Crippen LogP contribution in [-0.4, -0.2) is 25.5 Å². The number of aromatic hydroxyl groups is 3. The Bertz CT molecular complexity index is 1090. The summed E-state index contributed by atoms with van der Waals surface area (Å²) in [7, 11) is 0. The first-order chi connectivity index (χ1) is 14.2. The number of hydrogen-bond donors (Lipinski definition) is 5.